The normalized spacial score (nSPS) is 33.6. The van der Waals surface area contributed by atoms with Crippen LogP contribution in [0, 0.1) is 6.92 Å². The maximum atomic E-state index is 11.4. The van der Waals surface area contributed by atoms with Gasteiger partial charge >= 0.3 is 5.56 Å². The van der Waals surface area contributed by atoms with Crippen LogP contribution in [0.4, 0.5) is 5.69 Å². The van der Waals surface area contributed by atoms with Gasteiger partial charge in [0.05, 0.1) is 18.8 Å². The smallest absolute Gasteiger partial charge is 0.303 e. The molecule has 0 radical (unpaired) electrons. The Hall–Kier alpha value is -1.31. The summed E-state index contributed by atoms with van der Waals surface area (Å²) in [7, 11) is 0. The summed E-state index contributed by atoms with van der Waals surface area (Å²) in [6, 6.07) is -0.543. The second-order valence-electron chi connectivity index (χ2n) is 4.23. The molecule has 0 spiro atoms. The van der Waals surface area contributed by atoms with Gasteiger partial charge in [-0.1, -0.05) is 0 Å². The minimum Gasteiger partial charge on any atom is -0.388 e. The molecule has 0 aliphatic carbocycles. The molecular formula is C10H16N2O5. The second-order valence-corrected chi connectivity index (χ2v) is 4.23. The highest BCUT2D eigenvalue weighted by Crippen LogP contribution is 2.19. The molecule has 1 aliphatic rings. The summed E-state index contributed by atoms with van der Waals surface area (Å²) in [5.41, 5.74) is -0.151. The van der Waals surface area contributed by atoms with Crippen molar-refractivity contribution in [2.45, 2.75) is 38.2 Å². The van der Waals surface area contributed by atoms with Crippen molar-refractivity contribution in [3.05, 3.63) is 16.1 Å². The number of aliphatic hydroxyl groups excluding tert-OH is 2. The number of aryl methyl sites for hydroxylation is 1. The lowest BCUT2D eigenvalue weighted by Crippen LogP contribution is -2.55. The van der Waals surface area contributed by atoms with Gasteiger partial charge in [-0.05, 0) is 13.8 Å². The summed E-state index contributed by atoms with van der Waals surface area (Å²) in [5, 5.41) is 24.5. The second kappa shape index (κ2) is 4.52. The third-order valence-electron chi connectivity index (χ3n) is 2.99. The number of aliphatic hydroxyl groups is 2. The molecule has 0 saturated carbocycles. The number of anilines is 1. The number of rotatable bonds is 2. The molecule has 96 valence electrons. The van der Waals surface area contributed by atoms with E-state index < -0.39 is 29.9 Å². The maximum absolute atomic E-state index is 11.4. The molecule has 0 aromatic carbocycles. The Labute approximate surface area is 97.4 Å². The number of H-pyrrole nitrogens is 1. The third-order valence-corrected chi connectivity index (χ3v) is 2.99. The van der Waals surface area contributed by atoms with Gasteiger partial charge in [0.2, 0.25) is 0 Å². The van der Waals surface area contributed by atoms with E-state index in [2.05, 4.69) is 10.5 Å². The lowest BCUT2D eigenvalue weighted by Gasteiger charge is -2.36. The number of hydrogen-bond acceptors (Lipinski definition) is 6. The summed E-state index contributed by atoms with van der Waals surface area (Å²) in [6.45, 7) is 3.51. The molecular weight excluding hydrogens is 228 g/mol. The van der Waals surface area contributed by atoms with Crippen molar-refractivity contribution in [1.82, 2.24) is 5.16 Å². The Morgan fingerprint density at radius 1 is 1.41 bits per heavy atom. The minimum atomic E-state index is -0.993. The van der Waals surface area contributed by atoms with Gasteiger partial charge in [0.1, 0.15) is 17.9 Å². The topological polar surface area (TPSA) is 108 Å². The van der Waals surface area contributed by atoms with Crippen molar-refractivity contribution >= 4 is 5.69 Å². The zero-order chi connectivity index (χ0) is 12.6. The molecule has 0 bridgehead atoms. The summed E-state index contributed by atoms with van der Waals surface area (Å²) >= 11 is 0. The average Bonchev–Trinajstić information content (AvgIpc) is 2.61. The molecule has 2 rings (SSSR count). The number of hydrogen-bond donors (Lipinski definition) is 4. The van der Waals surface area contributed by atoms with Crippen molar-refractivity contribution in [1.29, 1.82) is 0 Å². The monoisotopic (exact) mass is 244 g/mol. The van der Waals surface area contributed by atoms with Crippen LogP contribution in [0.5, 0.6) is 0 Å². The lowest BCUT2D eigenvalue weighted by atomic mass is 9.99. The van der Waals surface area contributed by atoms with Crippen LogP contribution in [0.2, 0.25) is 0 Å². The van der Waals surface area contributed by atoms with Crippen LogP contribution in [-0.4, -0.2) is 46.3 Å². The van der Waals surface area contributed by atoms with Gasteiger partial charge in [-0.25, -0.2) is 0 Å². The van der Waals surface area contributed by atoms with Crippen molar-refractivity contribution in [3.63, 3.8) is 0 Å². The van der Waals surface area contributed by atoms with E-state index >= 15 is 0 Å². The maximum Gasteiger partial charge on any atom is 0.303 e. The number of aromatic amines is 1. The van der Waals surface area contributed by atoms with Crippen molar-refractivity contribution in [3.8, 4) is 0 Å². The average molecular weight is 244 g/mol. The minimum absolute atomic E-state index is 0.212. The first-order chi connectivity index (χ1) is 8.00. The van der Waals surface area contributed by atoms with Gasteiger partial charge in [0.25, 0.3) is 0 Å². The molecule has 1 aliphatic heterocycles. The van der Waals surface area contributed by atoms with E-state index in [1.165, 1.54) is 0 Å². The SMILES string of the molecule is Cc1o[nH]c(=O)c1N[C@H]1COC(C)[C@H](O)[C@@H]1O. The van der Waals surface area contributed by atoms with Crippen LogP contribution in [0.15, 0.2) is 9.32 Å². The zero-order valence-corrected chi connectivity index (χ0v) is 9.64. The predicted octanol–water partition coefficient (Wildman–Crippen LogP) is -0.803. The molecule has 0 amide bonds. The first-order valence-electron chi connectivity index (χ1n) is 5.43. The molecule has 4 atom stereocenters. The van der Waals surface area contributed by atoms with Crippen LogP contribution in [0.3, 0.4) is 0 Å². The summed E-state index contributed by atoms with van der Waals surface area (Å²) in [6.07, 6.45) is -2.40. The quantitative estimate of drug-likeness (QED) is 0.542. The Bertz CT molecular complexity index is 440. The van der Waals surface area contributed by atoms with Crippen LogP contribution >= 0.6 is 0 Å². The number of nitrogens with one attached hydrogen (secondary N) is 2. The van der Waals surface area contributed by atoms with Gasteiger partial charge in [-0.3, -0.25) is 4.79 Å². The highest BCUT2D eigenvalue weighted by Gasteiger charge is 2.36. The summed E-state index contributed by atoms with van der Waals surface area (Å²) in [5.74, 6) is 0.398. The Kier molecular flexibility index (Phi) is 3.23. The Morgan fingerprint density at radius 3 is 2.71 bits per heavy atom. The fourth-order valence-electron chi connectivity index (χ4n) is 1.83. The standard InChI is InChI=1S/C10H16N2O5/c1-4-7(10(15)12-17-4)11-6-3-16-5(2)8(13)9(6)14/h5-6,8-9,11,13-14H,3H2,1-2H3,(H,12,15)/t5?,6-,8-,9+/m0/s1. The molecule has 1 saturated heterocycles. The summed E-state index contributed by atoms with van der Waals surface area (Å²) < 4.78 is 10.1. The summed E-state index contributed by atoms with van der Waals surface area (Å²) in [4.78, 5) is 11.4. The number of ether oxygens (including phenoxy) is 1. The van der Waals surface area contributed by atoms with E-state index in [1.807, 2.05) is 0 Å². The van der Waals surface area contributed by atoms with Crippen molar-refractivity contribution in [2.24, 2.45) is 0 Å². The third kappa shape index (κ3) is 2.21. The number of aromatic nitrogens is 1. The van der Waals surface area contributed by atoms with Gasteiger partial charge in [-0.15, -0.1) is 0 Å². The molecule has 4 N–H and O–H groups in total. The Morgan fingerprint density at radius 2 is 2.12 bits per heavy atom. The highest BCUT2D eigenvalue weighted by atomic mass is 16.5. The van der Waals surface area contributed by atoms with Gasteiger partial charge in [-0.2, -0.15) is 5.16 Å². The fourth-order valence-corrected chi connectivity index (χ4v) is 1.83. The van der Waals surface area contributed by atoms with Crippen LogP contribution < -0.4 is 10.9 Å². The van der Waals surface area contributed by atoms with E-state index in [0.717, 1.165) is 0 Å². The van der Waals surface area contributed by atoms with Crippen LogP contribution in [0.1, 0.15) is 12.7 Å². The van der Waals surface area contributed by atoms with Crippen molar-refractivity contribution in [2.75, 3.05) is 11.9 Å². The zero-order valence-electron chi connectivity index (χ0n) is 9.64. The first-order valence-corrected chi connectivity index (χ1v) is 5.43. The molecule has 1 fully saturated rings. The molecule has 1 aromatic rings. The molecule has 17 heavy (non-hydrogen) atoms. The van der Waals surface area contributed by atoms with E-state index in [0.29, 0.717) is 5.76 Å². The predicted molar refractivity (Wildman–Crippen MR) is 58.9 cm³/mol. The molecule has 7 heteroatoms. The fraction of sp³-hybridized carbons (Fsp3) is 0.700. The Balaban J connectivity index is 2.12. The van der Waals surface area contributed by atoms with E-state index in [4.69, 9.17) is 9.26 Å². The molecule has 1 unspecified atom stereocenters. The van der Waals surface area contributed by atoms with Crippen molar-refractivity contribution < 1.29 is 19.5 Å². The van der Waals surface area contributed by atoms with Crippen LogP contribution in [0.25, 0.3) is 0 Å². The van der Waals surface area contributed by atoms with Gasteiger partial charge < -0.3 is 24.8 Å². The molecule has 7 nitrogen and oxygen atoms in total. The first kappa shape index (κ1) is 12.2. The molecule has 1 aromatic heterocycles. The van der Waals surface area contributed by atoms with Gasteiger partial charge in [0.15, 0.2) is 5.76 Å². The van der Waals surface area contributed by atoms with E-state index in [-0.39, 0.29) is 12.3 Å². The largest absolute Gasteiger partial charge is 0.388 e. The van der Waals surface area contributed by atoms with Crippen LogP contribution in [-0.2, 0) is 4.74 Å². The van der Waals surface area contributed by atoms with E-state index in [1.54, 1.807) is 13.8 Å². The van der Waals surface area contributed by atoms with E-state index in [9.17, 15) is 15.0 Å². The lowest BCUT2D eigenvalue weighted by molar-refractivity contribution is -0.133. The van der Waals surface area contributed by atoms with Gasteiger partial charge in [0, 0.05) is 0 Å². The highest BCUT2D eigenvalue weighted by molar-refractivity contribution is 5.45. The molecule has 2 heterocycles.